The lowest BCUT2D eigenvalue weighted by molar-refractivity contribution is -0.384. The molecular formula is C21H24ClN5O4. The van der Waals surface area contributed by atoms with Crippen LogP contribution in [0.25, 0.3) is 0 Å². The van der Waals surface area contributed by atoms with Crippen molar-refractivity contribution in [2.24, 2.45) is 0 Å². The fraction of sp³-hybridized carbons (Fsp3) is 0.333. The summed E-state index contributed by atoms with van der Waals surface area (Å²) in [5.41, 5.74) is 1.56. The first-order valence-electron chi connectivity index (χ1n) is 9.90. The summed E-state index contributed by atoms with van der Waals surface area (Å²) in [6.07, 6.45) is 0. The van der Waals surface area contributed by atoms with Gasteiger partial charge in [-0.3, -0.25) is 14.9 Å². The summed E-state index contributed by atoms with van der Waals surface area (Å²) in [7, 11) is 0. The molecule has 3 amide bonds. The number of amides is 3. The third kappa shape index (κ3) is 5.64. The molecule has 2 aromatic rings. The smallest absolute Gasteiger partial charge is 0.319 e. The zero-order valence-corrected chi connectivity index (χ0v) is 18.1. The number of carbonyl (C=O) groups excluding carboxylic acids is 2. The largest absolute Gasteiger partial charge is 0.362 e. The Kier molecular flexibility index (Phi) is 6.96. The molecule has 2 aromatic carbocycles. The van der Waals surface area contributed by atoms with Crippen molar-refractivity contribution >= 4 is 40.6 Å². The molecule has 2 N–H and O–H groups in total. The van der Waals surface area contributed by atoms with Crippen LogP contribution in [0.5, 0.6) is 0 Å². The number of benzene rings is 2. The summed E-state index contributed by atoms with van der Waals surface area (Å²) >= 11 is 5.89. The first-order chi connectivity index (χ1) is 14.7. The van der Waals surface area contributed by atoms with E-state index in [4.69, 9.17) is 11.6 Å². The maximum atomic E-state index is 12.8. The lowest BCUT2D eigenvalue weighted by Crippen LogP contribution is -2.49. The molecule has 164 valence electrons. The van der Waals surface area contributed by atoms with Crippen LogP contribution in [0.3, 0.4) is 0 Å². The summed E-state index contributed by atoms with van der Waals surface area (Å²) in [5.74, 6) is -0.122. The van der Waals surface area contributed by atoms with E-state index in [1.807, 2.05) is 18.7 Å². The molecule has 3 rings (SSSR count). The number of piperazine rings is 1. The Hall–Kier alpha value is -3.33. The monoisotopic (exact) mass is 445 g/mol. The standard InChI is InChI=1S/C21H24ClN5O4/c1-14(2)23-21(29)24-17-6-3-15(4-7-17)20(28)26-11-9-25(10-12-26)18-8-5-16(22)13-19(18)27(30)31/h3-8,13-14H,9-12H2,1-2H3,(H2,23,24,29). The summed E-state index contributed by atoms with van der Waals surface area (Å²) < 4.78 is 0. The molecule has 9 nitrogen and oxygen atoms in total. The normalized spacial score (nSPS) is 13.8. The molecule has 0 aliphatic carbocycles. The van der Waals surface area contributed by atoms with E-state index >= 15 is 0 Å². The van der Waals surface area contributed by atoms with Gasteiger partial charge in [-0.1, -0.05) is 11.6 Å². The van der Waals surface area contributed by atoms with Crippen molar-refractivity contribution in [1.82, 2.24) is 10.2 Å². The Labute approximate surface area is 185 Å². The van der Waals surface area contributed by atoms with Crippen molar-refractivity contribution in [2.75, 3.05) is 36.4 Å². The van der Waals surface area contributed by atoms with Crippen LogP contribution in [0, 0.1) is 10.1 Å². The van der Waals surface area contributed by atoms with Crippen LogP contribution >= 0.6 is 11.6 Å². The quantitative estimate of drug-likeness (QED) is 0.538. The summed E-state index contributed by atoms with van der Waals surface area (Å²) in [4.78, 5) is 39.1. The summed E-state index contributed by atoms with van der Waals surface area (Å²) in [5, 5.41) is 17.1. The lowest BCUT2D eigenvalue weighted by atomic mass is 10.1. The maximum absolute atomic E-state index is 12.8. The van der Waals surface area contributed by atoms with Gasteiger partial charge >= 0.3 is 6.03 Å². The molecule has 0 spiro atoms. The van der Waals surface area contributed by atoms with Gasteiger partial charge in [0.1, 0.15) is 5.69 Å². The fourth-order valence-electron chi connectivity index (χ4n) is 3.37. The lowest BCUT2D eigenvalue weighted by Gasteiger charge is -2.35. The molecular weight excluding hydrogens is 422 g/mol. The number of hydrogen-bond donors (Lipinski definition) is 2. The third-order valence-electron chi connectivity index (χ3n) is 4.85. The van der Waals surface area contributed by atoms with Gasteiger partial charge in [0.2, 0.25) is 0 Å². The highest BCUT2D eigenvalue weighted by Gasteiger charge is 2.26. The molecule has 1 aliphatic heterocycles. The number of halogens is 1. The highest BCUT2D eigenvalue weighted by Crippen LogP contribution is 2.31. The Balaban J connectivity index is 1.61. The minimum Gasteiger partial charge on any atom is -0.362 e. The van der Waals surface area contributed by atoms with Crippen molar-refractivity contribution < 1.29 is 14.5 Å². The molecule has 0 unspecified atom stereocenters. The number of anilines is 2. The second-order valence-corrected chi connectivity index (χ2v) is 7.94. The minimum absolute atomic E-state index is 0.0221. The predicted octanol–water partition coefficient (Wildman–Crippen LogP) is 3.74. The molecule has 0 bridgehead atoms. The first-order valence-corrected chi connectivity index (χ1v) is 10.3. The molecule has 1 heterocycles. The van der Waals surface area contributed by atoms with E-state index in [2.05, 4.69) is 10.6 Å². The van der Waals surface area contributed by atoms with Crippen LogP contribution in [-0.4, -0.2) is 54.0 Å². The Morgan fingerprint density at radius 1 is 1.06 bits per heavy atom. The number of urea groups is 1. The van der Waals surface area contributed by atoms with Crippen molar-refractivity contribution in [1.29, 1.82) is 0 Å². The van der Waals surface area contributed by atoms with Crippen LogP contribution in [0.15, 0.2) is 42.5 Å². The molecule has 0 saturated carbocycles. The van der Waals surface area contributed by atoms with Crippen LogP contribution in [0.4, 0.5) is 21.9 Å². The molecule has 31 heavy (non-hydrogen) atoms. The van der Waals surface area contributed by atoms with Gasteiger partial charge in [-0.2, -0.15) is 0 Å². The van der Waals surface area contributed by atoms with E-state index in [0.717, 1.165) is 0 Å². The van der Waals surface area contributed by atoms with E-state index in [-0.39, 0.29) is 23.7 Å². The number of nitro benzene ring substituents is 1. The molecule has 0 atom stereocenters. The van der Waals surface area contributed by atoms with Crippen LogP contribution in [0.1, 0.15) is 24.2 Å². The molecule has 1 saturated heterocycles. The van der Waals surface area contributed by atoms with Crippen molar-refractivity contribution in [3.63, 3.8) is 0 Å². The van der Waals surface area contributed by atoms with Gasteiger partial charge in [-0.05, 0) is 50.2 Å². The molecule has 0 aromatic heterocycles. The number of rotatable bonds is 5. The van der Waals surface area contributed by atoms with E-state index in [1.165, 1.54) is 6.07 Å². The Bertz CT molecular complexity index is 972. The van der Waals surface area contributed by atoms with Gasteiger partial charge in [-0.25, -0.2) is 4.79 Å². The SMILES string of the molecule is CC(C)NC(=O)Nc1ccc(C(=O)N2CCN(c3ccc(Cl)cc3[N+](=O)[O-])CC2)cc1. The second kappa shape index (κ2) is 9.65. The average molecular weight is 446 g/mol. The molecule has 10 heteroatoms. The zero-order valence-electron chi connectivity index (χ0n) is 17.3. The highest BCUT2D eigenvalue weighted by molar-refractivity contribution is 6.30. The van der Waals surface area contributed by atoms with Gasteiger partial charge in [0.25, 0.3) is 11.6 Å². The van der Waals surface area contributed by atoms with Gasteiger partial charge < -0.3 is 20.4 Å². The Morgan fingerprint density at radius 3 is 2.29 bits per heavy atom. The number of carbonyl (C=O) groups is 2. The van der Waals surface area contributed by atoms with Gasteiger partial charge in [0.05, 0.1) is 4.92 Å². The van der Waals surface area contributed by atoms with Crippen molar-refractivity contribution in [3.8, 4) is 0 Å². The van der Waals surface area contributed by atoms with Gasteiger partial charge in [-0.15, -0.1) is 0 Å². The number of nitrogens with one attached hydrogen (secondary N) is 2. The van der Waals surface area contributed by atoms with Crippen molar-refractivity contribution in [3.05, 3.63) is 63.2 Å². The van der Waals surface area contributed by atoms with Gasteiger partial charge in [0, 0.05) is 54.6 Å². The molecule has 1 fully saturated rings. The Morgan fingerprint density at radius 2 is 1.71 bits per heavy atom. The second-order valence-electron chi connectivity index (χ2n) is 7.50. The highest BCUT2D eigenvalue weighted by atomic mass is 35.5. The van der Waals surface area contributed by atoms with Crippen LogP contribution in [0.2, 0.25) is 5.02 Å². The zero-order chi connectivity index (χ0) is 22.5. The van der Waals surface area contributed by atoms with E-state index in [9.17, 15) is 19.7 Å². The van der Waals surface area contributed by atoms with Crippen molar-refractivity contribution in [2.45, 2.75) is 19.9 Å². The third-order valence-corrected chi connectivity index (χ3v) is 5.09. The molecule has 0 radical (unpaired) electrons. The summed E-state index contributed by atoms with van der Waals surface area (Å²) in [6.45, 7) is 5.57. The number of nitrogens with zero attached hydrogens (tertiary/aromatic N) is 3. The van der Waals surface area contributed by atoms with E-state index in [1.54, 1.807) is 41.3 Å². The average Bonchev–Trinajstić information content (AvgIpc) is 2.73. The molecule has 1 aliphatic rings. The number of hydrogen-bond acceptors (Lipinski definition) is 5. The van der Waals surface area contributed by atoms with E-state index in [0.29, 0.717) is 48.1 Å². The minimum atomic E-state index is -0.449. The van der Waals surface area contributed by atoms with Crippen LogP contribution in [-0.2, 0) is 0 Å². The van der Waals surface area contributed by atoms with Gasteiger partial charge in [0.15, 0.2) is 0 Å². The first kappa shape index (κ1) is 22.4. The van der Waals surface area contributed by atoms with E-state index < -0.39 is 4.92 Å². The predicted molar refractivity (Wildman–Crippen MR) is 120 cm³/mol. The van der Waals surface area contributed by atoms with Crippen LogP contribution < -0.4 is 15.5 Å². The maximum Gasteiger partial charge on any atom is 0.319 e. The fourth-order valence-corrected chi connectivity index (χ4v) is 3.54. The summed E-state index contributed by atoms with van der Waals surface area (Å²) in [6, 6.07) is 11.0. The number of nitro groups is 1. The topological polar surface area (TPSA) is 108 Å².